The summed E-state index contributed by atoms with van der Waals surface area (Å²) >= 11 is 0. The average molecular weight is 568 g/mol. The lowest BCUT2D eigenvalue weighted by Gasteiger charge is -2.32. The number of fused-ring (bicyclic) bond motifs is 2. The van der Waals surface area contributed by atoms with E-state index in [1.165, 1.54) is 23.1 Å². The summed E-state index contributed by atoms with van der Waals surface area (Å²) < 4.78 is 35.2. The minimum Gasteiger partial charge on any atom is -0.489 e. The number of hydrogen-bond donors (Lipinski definition) is 0. The van der Waals surface area contributed by atoms with Crippen molar-refractivity contribution in [3.05, 3.63) is 84.4 Å². The van der Waals surface area contributed by atoms with E-state index in [1.54, 1.807) is 10.9 Å². The SMILES string of the molecule is Cn1nncc1-c1ccc2c(c1)c(C1CCN(CCCOc3cccc4c3OCCO4)CC1)cn2-c1ccc(F)cc1. The molecule has 7 rings (SSSR count). The van der Waals surface area contributed by atoms with E-state index in [9.17, 15) is 4.39 Å². The Labute approximate surface area is 244 Å². The smallest absolute Gasteiger partial charge is 0.203 e. The number of aryl methyl sites for hydroxylation is 1. The highest BCUT2D eigenvalue weighted by atomic mass is 19.1. The van der Waals surface area contributed by atoms with Gasteiger partial charge in [-0.1, -0.05) is 17.3 Å². The van der Waals surface area contributed by atoms with Gasteiger partial charge in [-0.3, -0.25) is 0 Å². The van der Waals surface area contributed by atoms with Crippen molar-refractivity contribution >= 4 is 10.9 Å². The molecule has 4 heterocycles. The van der Waals surface area contributed by atoms with Crippen molar-refractivity contribution in [2.24, 2.45) is 7.05 Å². The quantitative estimate of drug-likeness (QED) is 0.215. The molecule has 2 aliphatic heterocycles. The number of piperidine rings is 1. The van der Waals surface area contributed by atoms with Gasteiger partial charge >= 0.3 is 0 Å². The summed E-state index contributed by atoms with van der Waals surface area (Å²) in [6.45, 7) is 4.83. The molecular weight excluding hydrogens is 533 g/mol. The van der Waals surface area contributed by atoms with Gasteiger partial charge in [-0.05, 0) is 92.4 Å². The van der Waals surface area contributed by atoms with Gasteiger partial charge in [0.05, 0.1) is 24.0 Å². The molecule has 0 N–H and O–H groups in total. The van der Waals surface area contributed by atoms with Crippen molar-refractivity contribution < 1.29 is 18.6 Å². The maximum absolute atomic E-state index is 13.7. The Kier molecular flexibility index (Phi) is 7.25. The summed E-state index contributed by atoms with van der Waals surface area (Å²) in [6.07, 6.45) is 7.16. The Morgan fingerprint density at radius 3 is 2.64 bits per heavy atom. The van der Waals surface area contributed by atoms with Gasteiger partial charge in [-0.25, -0.2) is 9.07 Å². The van der Waals surface area contributed by atoms with E-state index in [1.807, 2.05) is 37.4 Å². The third-order valence-electron chi connectivity index (χ3n) is 8.38. The van der Waals surface area contributed by atoms with Crippen LogP contribution in [0.2, 0.25) is 0 Å². The Balaban J connectivity index is 1.05. The fraction of sp³-hybridized carbons (Fsp3) is 0.333. The third-order valence-corrected chi connectivity index (χ3v) is 8.38. The molecule has 0 spiro atoms. The van der Waals surface area contributed by atoms with Gasteiger partial charge in [0.2, 0.25) is 5.75 Å². The largest absolute Gasteiger partial charge is 0.489 e. The molecule has 0 radical (unpaired) electrons. The Hall–Kier alpha value is -4.37. The van der Waals surface area contributed by atoms with Gasteiger partial charge in [0.1, 0.15) is 19.0 Å². The first-order chi connectivity index (χ1) is 20.6. The molecular formula is C33H34FN5O3. The first kappa shape index (κ1) is 26.5. The standard InChI is InChI=1S/C33H34FN5O3/c1-37-30(21-35-36-37)24-6-11-29-27(20-24)28(22-39(29)26-9-7-25(34)8-10-26)23-12-15-38(16-13-23)14-3-17-40-31-4-2-5-32-33(31)42-19-18-41-32/h2,4-11,20-23H,3,12-19H2,1H3. The van der Waals surface area contributed by atoms with Crippen LogP contribution < -0.4 is 14.2 Å². The van der Waals surface area contributed by atoms with E-state index in [2.05, 4.69) is 44.2 Å². The molecule has 2 aromatic heterocycles. The minimum absolute atomic E-state index is 0.232. The second-order valence-electron chi connectivity index (χ2n) is 11.0. The molecule has 9 heteroatoms. The molecule has 42 heavy (non-hydrogen) atoms. The van der Waals surface area contributed by atoms with Gasteiger partial charge in [-0.15, -0.1) is 5.10 Å². The van der Waals surface area contributed by atoms with Crippen molar-refractivity contribution in [3.8, 4) is 34.2 Å². The molecule has 216 valence electrons. The second-order valence-corrected chi connectivity index (χ2v) is 11.0. The van der Waals surface area contributed by atoms with Crippen LogP contribution in [-0.4, -0.2) is 63.9 Å². The number of nitrogens with zero attached hydrogens (tertiary/aromatic N) is 5. The Morgan fingerprint density at radius 1 is 1.00 bits per heavy atom. The van der Waals surface area contributed by atoms with Crippen LogP contribution in [0.5, 0.6) is 17.2 Å². The topological polar surface area (TPSA) is 66.6 Å². The second kappa shape index (κ2) is 11.5. The van der Waals surface area contributed by atoms with Crippen molar-refractivity contribution in [2.45, 2.75) is 25.2 Å². The number of para-hydroxylation sites is 1. The highest BCUT2D eigenvalue weighted by Gasteiger charge is 2.25. The van der Waals surface area contributed by atoms with Crippen molar-refractivity contribution in [1.82, 2.24) is 24.5 Å². The maximum Gasteiger partial charge on any atom is 0.203 e. The highest BCUT2D eigenvalue weighted by molar-refractivity contribution is 5.90. The van der Waals surface area contributed by atoms with Crippen molar-refractivity contribution in [3.63, 3.8) is 0 Å². The summed E-state index contributed by atoms with van der Waals surface area (Å²) in [4.78, 5) is 2.53. The van der Waals surface area contributed by atoms with E-state index in [4.69, 9.17) is 14.2 Å². The van der Waals surface area contributed by atoms with Gasteiger partial charge in [-0.2, -0.15) is 0 Å². The zero-order chi connectivity index (χ0) is 28.5. The van der Waals surface area contributed by atoms with Gasteiger partial charge < -0.3 is 23.7 Å². The van der Waals surface area contributed by atoms with Crippen molar-refractivity contribution in [2.75, 3.05) is 39.5 Å². The van der Waals surface area contributed by atoms with E-state index in [0.29, 0.717) is 31.5 Å². The van der Waals surface area contributed by atoms with Crippen LogP contribution in [0.1, 0.15) is 30.7 Å². The predicted octanol–water partition coefficient (Wildman–Crippen LogP) is 5.98. The average Bonchev–Trinajstić information content (AvgIpc) is 3.63. The molecule has 0 amide bonds. The lowest BCUT2D eigenvalue weighted by Crippen LogP contribution is -2.34. The Morgan fingerprint density at radius 2 is 1.83 bits per heavy atom. The molecule has 0 aliphatic carbocycles. The van der Waals surface area contributed by atoms with Crippen LogP contribution in [0.15, 0.2) is 73.1 Å². The van der Waals surface area contributed by atoms with Gasteiger partial charge in [0.25, 0.3) is 0 Å². The molecule has 3 aromatic carbocycles. The molecule has 5 aromatic rings. The van der Waals surface area contributed by atoms with Gasteiger partial charge in [0, 0.05) is 36.4 Å². The fourth-order valence-electron chi connectivity index (χ4n) is 6.21. The summed E-state index contributed by atoms with van der Waals surface area (Å²) in [7, 11) is 1.91. The summed E-state index contributed by atoms with van der Waals surface area (Å²) in [5, 5.41) is 9.42. The zero-order valence-corrected chi connectivity index (χ0v) is 23.7. The first-order valence-electron chi connectivity index (χ1n) is 14.6. The van der Waals surface area contributed by atoms with Crippen LogP contribution in [0.3, 0.4) is 0 Å². The predicted molar refractivity (Wildman–Crippen MR) is 159 cm³/mol. The van der Waals surface area contributed by atoms with E-state index >= 15 is 0 Å². The Bertz CT molecular complexity index is 1690. The summed E-state index contributed by atoms with van der Waals surface area (Å²) in [6, 6.07) is 19.0. The molecule has 1 fully saturated rings. The number of halogens is 1. The zero-order valence-electron chi connectivity index (χ0n) is 23.7. The summed E-state index contributed by atoms with van der Waals surface area (Å²) in [5.74, 6) is 2.43. The minimum atomic E-state index is -0.232. The molecule has 0 saturated carbocycles. The number of rotatable bonds is 8. The monoisotopic (exact) mass is 567 g/mol. The first-order valence-corrected chi connectivity index (χ1v) is 14.6. The fourth-order valence-corrected chi connectivity index (χ4v) is 6.21. The van der Waals surface area contributed by atoms with Crippen LogP contribution in [0.4, 0.5) is 4.39 Å². The molecule has 0 atom stereocenters. The van der Waals surface area contributed by atoms with E-state index in [-0.39, 0.29) is 5.82 Å². The lowest BCUT2D eigenvalue weighted by molar-refractivity contribution is 0.158. The van der Waals surface area contributed by atoms with Crippen LogP contribution >= 0.6 is 0 Å². The molecule has 2 aliphatic rings. The number of likely N-dealkylation sites (tertiary alicyclic amines) is 1. The number of aromatic nitrogens is 4. The molecule has 0 unspecified atom stereocenters. The molecule has 8 nitrogen and oxygen atoms in total. The molecule has 1 saturated heterocycles. The maximum atomic E-state index is 13.7. The van der Waals surface area contributed by atoms with E-state index < -0.39 is 0 Å². The van der Waals surface area contributed by atoms with Crippen LogP contribution in [-0.2, 0) is 7.05 Å². The van der Waals surface area contributed by atoms with Crippen molar-refractivity contribution in [1.29, 1.82) is 0 Å². The number of hydrogen-bond acceptors (Lipinski definition) is 6. The third kappa shape index (κ3) is 5.20. The van der Waals surface area contributed by atoms with E-state index in [0.717, 1.165) is 72.9 Å². The highest BCUT2D eigenvalue weighted by Crippen LogP contribution is 2.40. The van der Waals surface area contributed by atoms with Crippen LogP contribution in [0.25, 0.3) is 27.8 Å². The number of benzene rings is 3. The van der Waals surface area contributed by atoms with Crippen LogP contribution in [0, 0.1) is 5.82 Å². The van der Waals surface area contributed by atoms with Gasteiger partial charge in [0.15, 0.2) is 11.5 Å². The lowest BCUT2D eigenvalue weighted by atomic mass is 9.88. The normalized spacial score (nSPS) is 15.8. The number of ether oxygens (including phenoxy) is 3. The summed E-state index contributed by atoms with van der Waals surface area (Å²) in [5.41, 5.74) is 5.47. The molecule has 0 bridgehead atoms.